The molecular weight excluding hydrogens is 374 g/mol. The van der Waals surface area contributed by atoms with Crippen LogP contribution in [-0.4, -0.2) is 17.0 Å². The summed E-state index contributed by atoms with van der Waals surface area (Å²) >= 11 is 6.01. The first kappa shape index (κ1) is 20.4. The zero-order valence-electron chi connectivity index (χ0n) is 16.9. The molecule has 0 unspecified atom stereocenters. The normalized spacial score (nSPS) is 16.9. The van der Waals surface area contributed by atoms with Gasteiger partial charge in [-0.25, -0.2) is 4.79 Å². The number of nitrogens with one attached hydrogen (secondary N) is 1. The Morgan fingerprint density at radius 3 is 2.11 bits per heavy atom. The predicted octanol–water partition coefficient (Wildman–Crippen LogP) is 5.95. The first-order chi connectivity index (χ1) is 12.9. The maximum absolute atomic E-state index is 12.7. The highest BCUT2D eigenvalue weighted by Crippen LogP contribution is 2.47. The zero-order valence-corrected chi connectivity index (χ0v) is 17.7. The van der Waals surface area contributed by atoms with Crippen LogP contribution in [-0.2, 0) is 10.8 Å². The van der Waals surface area contributed by atoms with Gasteiger partial charge in [0.05, 0.1) is 10.6 Å². The molecule has 1 amide bonds. The number of hydrogen-bond donors (Lipinski definition) is 2. The van der Waals surface area contributed by atoms with E-state index in [4.69, 9.17) is 16.7 Å². The second kappa shape index (κ2) is 6.93. The summed E-state index contributed by atoms with van der Waals surface area (Å²) in [5.74, 6) is -1.43. The Morgan fingerprint density at radius 2 is 1.57 bits per heavy atom. The fraction of sp³-hybridized carbons (Fsp3) is 0.391. The highest BCUT2D eigenvalue weighted by molar-refractivity contribution is 6.34. The summed E-state index contributed by atoms with van der Waals surface area (Å²) in [7, 11) is 0. The van der Waals surface area contributed by atoms with Gasteiger partial charge in [-0.3, -0.25) is 4.79 Å². The smallest absolute Gasteiger partial charge is 0.337 e. The standard InChI is InChI=1S/C23H26ClNO3/c1-13-10-16-17(23(4,5)9-8-22(16,2)3)12-19(13)25-20(26)14-6-7-15(21(27)28)18(24)11-14/h6-7,10-12H,8-9H2,1-5H3,(H,25,26)(H,27,28). The van der Waals surface area contributed by atoms with Crippen molar-refractivity contribution < 1.29 is 14.7 Å². The molecule has 0 radical (unpaired) electrons. The Balaban J connectivity index is 1.96. The maximum atomic E-state index is 12.7. The van der Waals surface area contributed by atoms with Crippen molar-refractivity contribution in [3.63, 3.8) is 0 Å². The highest BCUT2D eigenvalue weighted by atomic mass is 35.5. The number of aromatic carboxylic acids is 1. The summed E-state index contributed by atoms with van der Waals surface area (Å²) in [6.45, 7) is 11.0. The van der Waals surface area contributed by atoms with Crippen LogP contribution in [0.25, 0.3) is 0 Å². The van der Waals surface area contributed by atoms with Crippen LogP contribution in [0.15, 0.2) is 30.3 Å². The summed E-state index contributed by atoms with van der Waals surface area (Å²) in [5.41, 5.74) is 4.85. The van der Waals surface area contributed by atoms with Crippen LogP contribution >= 0.6 is 11.6 Å². The van der Waals surface area contributed by atoms with Crippen molar-refractivity contribution in [1.82, 2.24) is 0 Å². The molecule has 0 saturated carbocycles. The van der Waals surface area contributed by atoms with E-state index in [1.165, 1.54) is 29.3 Å². The molecule has 3 rings (SSSR count). The number of halogens is 1. The van der Waals surface area contributed by atoms with Gasteiger partial charge in [-0.15, -0.1) is 0 Å². The molecule has 148 valence electrons. The van der Waals surface area contributed by atoms with Crippen molar-refractivity contribution in [2.45, 2.75) is 58.3 Å². The Kier molecular flexibility index (Phi) is 5.05. The molecule has 0 aromatic heterocycles. The van der Waals surface area contributed by atoms with Crippen LogP contribution in [0, 0.1) is 6.92 Å². The van der Waals surface area contributed by atoms with Crippen molar-refractivity contribution in [3.05, 3.63) is 63.2 Å². The third-order valence-corrected chi connectivity index (χ3v) is 6.22. The van der Waals surface area contributed by atoms with Gasteiger partial charge in [0.2, 0.25) is 0 Å². The third kappa shape index (κ3) is 3.66. The van der Waals surface area contributed by atoms with Crippen molar-refractivity contribution >= 4 is 29.2 Å². The van der Waals surface area contributed by atoms with E-state index in [0.29, 0.717) is 5.56 Å². The summed E-state index contributed by atoms with van der Waals surface area (Å²) < 4.78 is 0. The van der Waals surface area contributed by atoms with Gasteiger partial charge < -0.3 is 10.4 Å². The van der Waals surface area contributed by atoms with Gasteiger partial charge in [0.1, 0.15) is 0 Å². The zero-order chi connectivity index (χ0) is 20.9. The molecule has 2 aromatic carbocycles. The molecule has 2 N–H and O–H groups in total. The quantitative estimate of drug-likeness (QED) is 0.670. The van der Waals surface area contributed by atoms with Crippen molar-refractivity contribution in [3.8, 4) is 0 Å². The monoisotopic (exact) mass is 399 g/mol. The van der Waals surface area contributed by atoms with Gasteiger partial charge in [-0.1, -0.05) is 45.4 Å². The van der Waals surface area contributed by atoms with Crippen molar-refractivity contribution in [2.24, 2.45) is 0 Å². The van der Waals surface area contributed by atoms with Gasteiger partial charge in [-0.2, -0.15) is 0 Å². The molecule has 0 atom stereocenters. The number of benzene rings is 2. The van der Waals surface area contributed by atoms with E-state index in [-0.39, 0.29) is 27.3 Å². The summed E-state index contributed by atoms with van der Waals surface area (Å²) in [4.78, 5) is 23.8. The molecule has 28 heavy (non-hydrogen) atoms. The minimum Gasteiger partial charge on any atom is -0.478 e. The fourth-order valence-corrected chi connectivity index (χ4v) is 4.14. The Labute approximate surface area is 170 Å². The van der Waals surface area contributed by atoms with E-state index in [2.05, 4.69) is 45.1 Å². The molecule has 1 aliphatic rings. The Morgan fingerprint density at radius 1 is 1.00 bits per heavy atom. The van der Waals surface area contributed by atoms with Crippen LogP contribution in [0.5, 0.6) is 0 Å². The summed E-state index contributed by atoms with van der Waals surface area (Å²) in [6.07, 6.45) is 2.22. The number of carbonyl (C=O) groups is 2. The number of carbonyl (C=O) groups excluding carboxylic acids is 1. The lowest BCUT2D eigenvalue weighted by molar-refractivity contribution is 0.0696. The Bertz CT molecular complexity index is 976. The topological polar surface area (TPSA) is 66.4 Å². The molecular formula is C23H26ClNO3. The summed E-state index contributed by atoms with van der Waals surface area (Å²) in [6, 6.07) is 8.50. The second-order valence-corrected chi connectivity index (χ2v) is 9.34. The van der Waals surface area contributed by atoms with Gasteiger partial charge in [0, 0.05) is 11.3 Å². The average Bonchev–Trinajstić information content (AvgIpc) is 2.60. The minimum absolute atomic E-state index is 0.0211. The third-order valence-electron chi connectivity index (χ3n) is 5.91. The first-order valence-electron chi connectivity index (χ1n) is 9.42. The molecule has 4 nitrogen and oxygen atoms in total. The molecule has 0 fully saturated rings. The lowest BCUT2D eigenvalue weighted by Gasteiger charge is -2.42. The predicted molar refractivity (Wildman–Crippen MR) is 113 cm³/mol. The van der Waals surface area contributed by atoms with Crippen molar-refractivity contribution in [2.75, 3.05) is 5.32 Å². The number of aryl methyl sites for hydroxylation is 1. The van der Waals surface area contributed by atoms with Gasteiger partial charge in [0.15, 0.2) is 0 Å². The molecule has 0 bridgehead atoms. The number of anilines is 1. The SMILES string of the molecule is Cc1cc2c(cc1NC(=O)c1ccc(C(=O)O)c(Cl)c1)C(C)(C)CCC2(C)C. The average molecular weight is 400 g/mol. The highest BCUT2D eigenvalue weighted by Gasteiger charge is 2.37. The van der Waals surface area contributed by atoms with E-state index in [0.717, 1.165) is 24.1 Å². The lowest BCUT2D eigenvalue weighted by atomic mass is 9.63. The fourth-order valence-electron chi connectivity index (χ4n) is 3.88. The van der Waals surface area contributed by atoms with Crippen molar-refractivity contribution in [1.29, 1.82) is 0 Å². The first-order valence-corrected chi connectivity index (χ1v) is 9.80. The lowest BCUT2D eigenvalue weighted by Crippen LogP contribution is -2.34. The molecule has 0 saturated heterocycles. The minimum atomic E-state index is -1.12. The number of hydrogen-bond acceptors (Lipinski definition) is 2. The summed E-state index contributed by atoms with van der Waals surface area (Å²) in [5, 5.41) is 12.1. The number of fused-ring (bicyclic) bond motifs is 1. The van der Waals surface area contributed by atoms with Crippen LogP contribution in [0.3, 0.4) is 0 Å². The second-order valence-electron chi connectivity index (χ2n) is 8.93. The van der Waals surface area contributed by atoms with E-state index in [9.17, 15) is 9.59 Å². The molecule has 1 aliphatic carbocycles. The molecule has 0 spiro atoms. The number of amides is 1. The van der Waals surface area contributed by atoms with Gasteiger partial charge >= 0.3 is 5.97 Å². The number of rotatable bonds is 3. The molecule has 5 heteroatoms. The molecule has 0 aliphatic heterocycles. The van der Waals surface area contributed by atoms with Crippen LogP contribution in [0.2, 0.25) is 5.02 Å². The number of carboxylic acids is 1. The Hall–Kier alpha value is -2.33. The van der Waals surface area contributed by atoms with E-state index in [1.54, 1.807) is 0 Å². The van der Waals surface area contributed by atoms with Gasteiger partial charge in [0.25, 0.3) is 5.91 Å². The van der Waals surface area contributed by atoms with Gasteiger partial charge in [-0.05, 0) is 71.6 Å². The van der Waals surface area contributed by atoms with E-state index >= 15 is 0 Å². The molecule has 2 aromatic rings. The number of carboxylic acid groups (broad SMARTS) is 1. The van der Waals surface area contributed by atoms with Crippen LogP contribution in [0.1, 0.15) is 77.9 Å². The largest absolute Gasteiger partial charge is 0.478 e. The van der Waals surface area contributed by atoms with Crippen LogP contribution < -0.4 is 5.32 Å². The maximum Gasteiger partial charge on any atom is 0.337 e. The molecule has 0 heterocycles. The van der Waals surface area contributed by atoms with E-state index in [1.807, 2.05) is 6.92 Å². The van der Waals surface area contributed by atoms with Crippen LogP contribution in [0.4, 0.5) is 5.69 Å². The van der Waals surface area contributed by atoms with E-state index < -0.39 is 5.97 Å².